The minimum absolute atomic E-state index is 0.562. The molecule has 4 heteroatoms. The zero-order valence-electron chi connectivity index (χ0n) is 13.4. The van der Waals surface area contributed by atoms with Crippen molar-refractivity contribution in [2.24, 2.45) is 16.6 Å². The van der Waals surface area contributed by atoms with E-state index in [1.54, 1.807) is 0 Å². The highest BCUT2D eigenvalue weighted by molar-refractivity contribution is 5.78. The number of aliphatic imine (C=N–C) groups is 1. The van der Waals surface area contributed by atoms with Gasteiger partial charge in [0.1, 0.15) is 0 Å². The molecule has 112 valence electrons. The van der Waals surface area contributed by atoms with Gasteiger partial charge in [-0.1, -0.05) is 6.92 Å². The van der Waals surface area contributed by atoms with Crippen LogP contribution in [0.5, 0.6) is 0 Å². The highest BCUT2D eigenvalue weighted by Crippen LogP contribution is 2.15. The third-order valence-corrected chi connectivity index (χ3v) is 4.07. The van der Waals surface area contributed by atoms with Gasteiger partial charge in [-0.15, -0.1) is 0 Å². The highest BCUT2D eigenvalue weighted by atomic mass is 15.3. The van der Waals surface area contributed by atoms with Crippen LogP contribution in [-0.2, 0) is 0 Å². The molecule has 0 radical (unpaired) electrons. The summed E-state index contributed by atoms with van der Waals surface area (Å²) in [6.45, 7) is 15.2. The Morgan fingerprint density at radius 3 is 2.21 bits per heavy atom. The van der Waals surface area contributed by atoms with Gasteiger partial charge >= 0.3 is 0 Å². The Kier molecular flexibility index (Phi) is 6.63. The maximum Gasteiger partial charge on any atom is 0.191 e. The second kappa shape index (κ2) is 7.73. The molecule has 0 aromatic rings. The van der Waals surface area contributed by atoms with Crippen LogP contribution in [0.3, 0.4) is 0 Å². The van der Waals surface area contributed by atoms with Crippen LogP contribution in [0.2, 0.25) is 0 Å². The van der Waals surface area contributed by atoms with E-state index in [4.69, 9.17) is 5.73 Å². The summed E-state index contributed by atoms with van der Waals surface area (Å²) in [5.41, 5.74) is 6.09. The Morgan fingerprint density at radius 1 is 1.21 bits per heavy atom. The molecule has 0 aliphatic carbocycles. The monoisotopic (exact) mass is 268 g/mol. The smallest absolute Gasteiger partial charge is 0.191 e. The summed E-state index contributed by atoms with van der Waals surface area (Å²) >= 11 is 0. The third kappa shape index (κ3) is 5.39. The van der Waals surface area contributed by atoms with Crippen LogP contribution in [-0.4, -0.2) is 54.0 Å². The van der Waals surface area contributed by atoms with E-state index >= 15 is 0 Å². The summed E-state index contributed by atoms with van der Waals surface area (Å²) in [6.07, 6.45) is 2.47. The van der Waals surface area contributed by atoms with Crippen molar-refractivity contribution in [2.45, 2.75) is 59.5 Å². The van der Waals surface area contributed by atoms with Gasteiger partial charge in [0.2, 0.25) is 0 Å². The van der Waals surface area contributed by atoms with Gasteiger partial charge in [0.25, 0.3) is 0 Å². The van der Waals surface area contributed by atoms with E-state index in [-0.39, 0.29) is 0 Å². The Bertz CT molecular complexity index is 270. The van der Waals surface area contributed by atoms with Crippen LogP contribution >= 0.6 is 0 Å². The first-order valence-corrected chi connectivity index (χ1v) is 7.72. The molecule has 0 saturated carbocycles. The van der Waals surface area contributed by atoms with Gasteiger partial charge in [-0.3, -0.25) is 9.89 Å². The molecule has 0 aromatic heterocycles. The molecule has 1 heterocycles. The van der Waals surface area contributed by atoms with Crippen molar-refractivity contribution in [2.75, 3.05) is 26.2 Å². The molecule has 0 bridgehead atoms. The minimum atomic E-state index is 0.562. The van der Waals surface area contributed by atoms with Crippen molar-refractivity contribution in [3.8, 4) is 0 Å². The lowest BCUT2D eigenvalue weighted by Crippen LogP contribution is -2.43. The Hall–Kier alpha value is -0.770. The number of likely N-dealkylation sites (tertiary alicyclic amines) is 1. The van der Waals surface area contributed by atoms with E-state index in [0.717, 1.165) is 38.1 Å². The topological polar surface area (TPSA) is 44.9 Å². The Balaban J connectivity index is 2.38. The summed E-state index contributed by atoms with van der Waals surface area (Å²) < 4.78 is 0. The molecule has 1 fully saturated rings. The van der Waals surface area contributed by atoms with Crippen LogP contribution < -0.4 is 5.73 Å². The van der Waals surface area contributed by atoms with E-state index in [1.165, 1.54) is 12.8 Å². The van der Waals surface area contributed by atoms with E-state index < -0.39 is 0 Å². The van der Waals surface area contributed by atoms with Crippen molar-refractivity contribution in [3.63, 3.8) is 0 Å². The highest BCUT2D eigenvalue weighted by Gasteiger charge is 2.17. The van der Waals surface area contributed by atoms with Crippen molar-refractivity contribution >= 4 is 5.96 Å². The lowest BCUT2D eigenvalue weighted by molar-refractivity contribution is 0.180. The lowest BCUT2D eigenvalue weighted by Gasteiger charge is -2.32. The zero-order chi connectivity index (χ0) is 14.4. The largest absolute Gasteiger partial charge is 0.370 e. The first kappa shape index (κ1) is 16.3. The van der Waals surface area contributed by atoms with Crippen LogP contribution in [0.1, 0.15) is 47.5 Å². The predicted molar refractivity (Wildman–Crippen MR) is 83.4 cm³/mol. The van der Waals surface area contributed by atoms with Crippen LogP contribution in [0, 0.1) is 5.92 Å². The predicted octanol–water partition coefficient (Wildman–Crippen LogP) is 2.15. The summed E-state index contributed by atoms with van der Waals surface area (Å²) in [5.74, 6) is 1.57. The van der Waals surface area contributed by atoms with Gasteiger partial charge in [-0.25, -0.2) is 0 Å². The molecule has 4 nitrogen and oxygen atoms in total. The van der Waals surface area contributed by atoms with Gasteiger partial charge in [-0.05, 0) is 46.5 Å². The molecule has 0 atom stereocenters. The average molecular weight is 268 g/mol. The number of piperidine rings is 1. The average Bonchev–Trinajstić information content (AvgIpc) is 2.34. The molecule has 19 heavy (non-hydrogen) atoms. The van der Waals surface area contributed by atoms with E-state index in [2.05, 4.69) is 49.4 Å². The van der Waals surface area contributed by atoms with Gasteiger partial charge in [0.05, 0.1) is 6.54 Å². The molecular weight excluding hydrogens is 236 g/mol. The molecule has 0 amide bonds. The maximum atomic E-state index is 6.09. The van der Waals surface area contributed by atoms with Crippen molar-refractivity contribution in [1.29, 1.82) is 0 Å². The summed E-state index contributed by atoms with van der Waals surface area (Å²) in [5, 5.41) is 0. The van der Waals surface area contributed by atoms with Crippen molar-refractivity contribution < 1.29 is 0 Å². The van der Waals surface area contributed by atoms with Gasteiger partial charge < -0.3 is 10.6 Å². The standard InChI is InChI=1S/C15H32N4/c1-12(2)19(13(3)4)11-8-17-15(16)18-9-6-14(5)7-10-18/h12-14H,6-11H2,1-5H3,(H2,16,17). The first-order chi connectivity index (χ1) is 8.91. The van der Waals surface area contributed by atoms with Crippen LogP contribution in [0.15, 0.2) is 4.99 Å². The number of guanidine groups is 1. The maximum absolute atomic E-state index is 6.09. The summed E-state index contributed by atoms with van der Waals surface area (Å²) in [7, 11) is 0. The second-order valence-corrected chi connectivity index (χ2v) is 6.33. The number of nitrogens with two attached hydrogens (primary N) is 1. The number of nitrogens with zero attached hydrogens (tertiary/aromatic N) is 3. The zero-order valence-corrected chi connectivity index (χ0v) is 13.4. The van der Waals surface area contributed by atoms with E-state index in [0.29, 0.717) is 12.1 Å². The molecule has 1 aliphatic rings. The fraction of sp³-hybridized carbons (Fsp3) is 0.933. The normalized spacial score (nSPS) is 18.9. The molecular formula is C15H32N4. The molecule has 0 unspecified atom stereocenters. The SMILES string of the molecule is CC1CCN(C(N)=NCCN(C(C)C)C(C)C)CC1. The van der Waals surface area contributed by atoms with Crippen LogP contribution in [0.25, 0.3) is 0 Å². The quantitative estimate of drug-likeness (QED) is 0.614. The molecule has 1 rings (SSSR count). The summed E-state index contributed by atoms with van der Waals surface area (Å²) in [4.78, 5) is 9.24. The fourth-order valence-corrected chi connectivity index (χ4v) is 2.73. The van der Waals surface area contributed by atoms with E-state index in [1.807, 2.05) is 0 Å². The van der Waals surface area contributed by atoms with Gasteiger partial charge in [0, 0.05) is 31.7 Å². The van der Waals surface area contributed by atoms with E-state index in [9.17, 15) is 0 Å². The molecule has 0 aromatic carbocycles. The van der Waals surface area contributed by atoms with Gasteiger partial charge in [-0.2, -0.15) is 0 Å². The third-order valence-electron chi connectivity index (χ3n) is 4.07. The van der Waals surface area contributed by atoms with Gasteiger partial charge in [0.15, 0.2) is 5.96 Å². The van der Waals surface area contributed by atoms with Crippen molar-refractivity contribution in [1.82, 2.24) is 9.80 Å². The summed E-state index contributed by atoms with van der Waals surface area (Å²) in [6, 6.07) is 1.12. The molecule has 0 spiro atoms. The number of hydrogen-bond donors (Lipinski definition) is 1. The molecule has 1 aliphatic heterocycles. The second-order valence-electron chi connectivity index (χ2n) is 6.33. The van der Waals surface area contributed by atoms with Crippen molar-refractivity contribution in [3.05, 3.63) is 0 Å². The Labute approximate surface area is 119 Å². The van der Waals surface area contributed by atoms with Crippen LogP contribution in [0.4, 0.5) is 0 Å². The minimum Gasteiger partial charge on any atom is -0.370 e. The Morgan fingerprint density at radius 2 is 1.74 bits per heavy atom. The first-order valence-electron chi connectivity index (χ1n) is 7.72. The molecule has 2 N–H and O–H groups in total. The number of rotatable bonds is 5. The number of hydrogen-bond acceptors (Lipinski definition) is 2. The fourth-order valence-electron chi connectivity index (χ4n) is 2.73. The molecule has 1 saturated heterocycles. The lowest BCUT2D eigenvalue weighted by atomic mass is 10.00.